The Labute approximate surface area is 114 Å². The van der Waals surface area contributed by atoms with Crippen LogP contribution in [0.15, 0.2) is 33.3 Å². The fourth-order valence-electron chi connectivity index (χ4n) is 1.50. The first kappa shape index (κ1) is 12.4. The van der Waals surface area contributed by atoms with Gasteiger partial charge in [-0.15, -0.1) is 0 Å². The molecule has 0 fully saturated rings. The SMILES string of the molecule is Cn1ncc(Br)c1C(=O)c1c(F)cccc1Br. The first-order valence-electron chi connectivity index (χ1n) is 4.68. The minimum atomic E-state index is -0.558. The quantitative estimate of drug-likeness (QED) is 0.769. The molecule has 6 heteroatoms. The largest absolute Gasteiger partial charge is 0.287 e. The molecule has 0 aliphatic carbocycles. The van der Waals surface area contributed by atoms with Crippen molar-refractivity contribution < 1.29 is 9.18 Å². The Balaban J connectivity index is 2.59. The first-order chi connectivity index (χ1) is 8.02. The van der Waals surface area contributed by atoms with E-state index in [1.54, 1.807) is 13.1 Å². The van der Waals surface area contributed by atoms with Gasteiger partial charge in [-0.1, -0.05) is 6.07 Å². The van der Waals surface area contributed by atoms with Gasteiger partial charge in [0.15, 0.2) is 0 Å². The van der Waals surface area contributed by atoms with Crippen LogP contribution < -0.4 is 0 Å². The summed E-state index contributed by atoms with van der Waals surface area (Å²) >= 11 is 6.40. The molecule has 0 saturated heterocycles. The molecule has 0 aliphatic heterocycles. The zero-order valence-electron chi connectivity index (χ0n) is 8.75. The summed E-state index contributed by atoms with van der Waals surface area (Å²) in [5.74, 6) is -0.973. The van der Waals surface area contributed by atoms with Crippen molar-refractivity contribution in [3.63, 3.8) is 0 Å². The number of nitrogens with zero attached hydrogens (tertiary/aromatic N) is 2. The molecule has 1 aromatic heterocycles. The van der Waals surface area contributed by atoms with E-state index in [0.717, 1.165) is 0 Å². The van der Waals surface area contributed by atoms with Crippen LogP contribution in [0.25, 0.3) is 0 Å². The highest BCUT2D eigenvalue weighted by Gasteiger charge is 2.22. The van der Waals surface area contributed by atoms with Gasteiger partial charge >= 0.3 is 0 Å². The van der Waals surface area contributed by atoms with E-state index in [1.807, 2.05) is 0 Å². The van der Waals surface area contributed by atoms with Crippen LogP contribution in [-0.2, 0) is 7.05 Å². The van der Waals surface area contributed by atoms with Gasteiger partial charge in [0.05, 0.1) is 16.2 Å². The lowest BCUT2D eigenvalue weighted by Gasteiger charge is -2.06. The van der Waals surface area contributed by atoms with Gasteiger partial charge in [-0.05, 0) is 44.0 Å². The zero-order chi connectivity index (χ0) is 12.6. The van der Waals surface area contributed by atoms with Gasteiger partial charge in [0.2, 0.25) is 5.78 Å². The van der Waals surface area contributed by atoms with Gasteiger partial charge in [0.1, 0.15) is 11.5 Å². The summed E-state index contributed by atoms with van der Waals surface area (Å²) in [4.78, 5) is 12.2. The number of ketones is 1. The maximum Gasteiger partial charge on any atom is 0.216 e. The molecule has 0 bridgehead atoms. The molecule has 17 heavy (non-hydrogen) atoms. The Bertz CT molecular complexity index is 555. The number of rotatable bonds is 2. The summed E-state index contributed by atoms with van der Waals surface area (Å²) in [6.07, 6.45) is 1.50. The third kappa shape index (κ3) is 2.19. The number of hydrogen-bond donors (Lipinski definition) is 0. The van der Waals surface area contributed by atoms with Crippen molar-refractivity contribution >= 4 is 37.6 Å². The summed E-state index contributed by atoms with van der Waals surface area (Å²) in [5, 5.41) is 3.93. The van der Waals surface area contributed by atoms with E-state index in [1.165, 1.54) is 23.0 Å². The van der Waals surface area contributed by atoms with E-state index in [2.05, 4.69) is 37.0 Å². The number of carbonyl (C=O) groups excluding carboxylic acids is 1. The number of hydrogen-bond acceptors (Lipinski definition) is 2. The number of benzene rings is 1. The van der Waals surface area contributed by atoms with Crippen LogP contribution in [0.3, 0.4) is 0 Å². The van der Waals surface area contributed by atoms with Crippen molar-refractivity contribution in [2.75, 3.05) is 0 Å². The minimum Gasteiger partial charge on any atom is -0.287 e. The maximum atomic E-state index is 13.7. The molecule has 1 heterocycles. The van der Waals surface area contributed by atoms with E-state index >= 15 is 0 Å². The second-order valence-corrected chi connectivity index (χ2v) is 5.10. The molecule has 2 aromatic rings. The Kier molecular flexibility index (Phi) is 3.44. The Morgan fingerprint density at radius 3 is 2.59 bits per heavy atom. The van der Waals surface area contributed by atoms with Crippen LogP contribution >= 0.6 is 31.9 Å². The lowest BCUT2D eigenvalue weighted by molar-refractivity contribution is 0.102. The van der Waals surface area contributed by atoms with Crippen molar-refractivity contribution in [1.29, 1.82) is 0 Å². The average molecular weight is 362 g/mol. The van der Waals surface area contributed by atoms with Crippen molar-refractivity contribution in [3.05, 3.63) is 50.4 Å². The summed E-state index contributed by atoms with van der Waals surface area (Å²) in [6.45, 7) is 0. The van der Waals surface area contributed by atoms with Gasteiger partial charge in [-0.25, -0.2) is 4.39 Å². The Hall–Kier alpha value is -1.01. The molecular formula is C11H7Br2FN2O. The van der Waals surface area contributed by atoms with Crippen LogP contribution in [0.4, 0.5) is 4.39 Å². The van der Waals surface area contributed by atoms with Crippen LogP contribution in [0.5, 0.6) is 0 Å². The van der Waals surface area contributed by atoms with Crippen molar-refractivity contribution in [2.24, 2.45) is 7.05 Å². The highest BCUT2D eigenvalue weighted by Crippen LogP contribution is 2.25. The minimum absolute atomic E-state index is 0.0109. The van der Waals surface area contributed by atoms with Crippen molar-refractivity contribution in [1.82, 2.24) is 9.78 Å². The average Bonchev–Trinajstić information content (AvgIpc) is 2.58. The summed E-state index contributed by atoms with van der Waals surface area (Å²) < 4.78 is 16.0. The fourth-order valence-corrected chi connectivity index (χ4v) is 2.55. The van der Waals surface area contributed by atoms with Gasteiger partial charge in [-0.3, -0.25) is 9.48 Å². The van der Waals surface area contributed by atoms with Crippen molar-refractivity contribution in [3.8, 4) is 0 Å². The predicted molar refractivity (Wildman–Crippen MR) is 68.4 cm³/mol. The predicted octanol–water partition coefficient (Wildman–Crippen LogP) is 3.32. The van der Waals surface area contributed by atoms with Crippen LogP contribution in [0, 0.1) is 5.82 Å². The van der Waals surface area contributed by atoms with E-state index in [4.69, 9.17) is 0 Å². The standard InChI is InChI=1S/C11H7Br2FN2O/c1-16-10(7(13)5-15-16)11(17)9-6(12)3-2-4-8(9)14/h2-5H,1H3. The topological polar surface area (TPSA) is 34.9 Å². The Morgan fingerprint density at radius 2 is 2.06 bits per heavy atom. The molecule has 0 aliphatic rings. The second kappa shape index (κ2) is 4.70. The van der Waals surface area contributed by atoms with Crippen LogP contribution in [0.1, 0.15) is 16.1 Å². The molecular weight excluding hydrogens is 355 g/mol. The van der Waals surface area contributed by atoms with Crippen LogP contribution in [0.2, 0.25) is 0 Å². The molecule has 1 aromatic carbocycles. The van der Waals surface area contributed by atoms with Gasteiger partial charge in [-0.2, -0.15) is 5.10 Å². The van der Waals surface area contributed by atoms with Gasteiger partial charge in [0.25, 0.3) is 0 Å². The van der Waals surface area contributed by atoms with Crippen molar-refractivity contribution in [2.45, 2.75) is 0 Å². The second-order valence-electron chi connectivity index (χ2n) is 3.39. The monoisotopic (exact) mass is 360 g/mol. The van der Waals surface area contributed by atoms with E-state index in [-0.39, 0.29) is 5.56 Å². The third-order valence-corrected chi connectivity index (χ3v) is 3.54. The molecule has 2 rings (SSSR count). The summed E-state index contributed by atoms with van der Waals surface area (Å²) in [5.41, 5.74) is 0.326. The normalized spacial score (nSPS) is 10.6. The lowest BCUT2D eigenvalue weighted by atomic mass is 10.1. The highest BCUT2D eigenvalue weighted by atomic mass is 79.9. The molecule has 0 N–H and O–H groups in total. The smallest absolute Gasteiger partial charge is 0.216 e. The van der Waals surface area contributed by atoms with Gasteiger partial charge in [0, 0.05) is 11.5 Å². The van der Waals surface area contributed by atoms with Gasteiger partial charge < -0.3 is 0 Å². The number of carbonyl (C=O) groups is 1. The number of aromatic nitrogens is 2. The van der Waals surface area contributed by atoms with E-state index in [9.17, 15) is 9.18 Å². The molecule has 0 spiro atoms. The first-order valence-corrected chi connectivity index (χ1v) is 6.27. The molecule has 3 nitrogen and oxygen atoms in total. The maximum absolute atomic E-state index is 13.7. The van der Waals surface area contributed by atoms with Crippen LogP contribution in [-0.4, -0.2) is 15.6 Å². The number of halogens is 3. The zero-order valence-corrected chi connectivity index (χ0v) is 11.9. The van der Waals surface area contributed by atoms with E-state index in [0.29, 0.717) is 14.6 Å². The molecule has 0 unspecified atom stereocenters. The molecule has 0 amide bonds. The van der Waals surface area contributed by atoms with E-state index < -0.39 is 11.6 Å². The summed E-state index contributed by atoms with van der Waals surface area (Å²) in [6, 6.07) is 4.41. The molecule has 0 saturated carbocycles. The highest BCUT2D eigenvalue weighted by molar-refractivity contribution is 9.10. The molecule has 0 radical (unpaired) electrons. The lowest BCUT2D eigenvalue weighted by Crippen LogP contribution is -2.11. The molecule has 88 valence electrons. The summed E-state index contributed by atoms with van der Waals surface area (Å²) in [7, 11) is 1.63. The molecule has 0 atom stereocenters. The third-order valence-electron chi connectivity index (χ3n) is 2.30. The number of aryl methyl sites for hydroxylation is 1. The fraction of sp³-hybridized carbons (Fsp3) is 0.0909. The Morgan fingerprint density at radius 1 is 1.35 bits per heavy atom.